The number of rotatable bonds is 3. The van der Waals surface area contributed by atoms with Crippen LogP contribution in [0.2, 0.25) is 0 Å². The quantitative estimate of drug-likeness (QED) is 0.516. The van der Waals surface area contributed by atoms with Crippen LogP contribution in [0.3, 0.4) is 0 Å². The number of ketones is 1. The summed E-state index contributed by atoms with van der Waals surface area (Å²) in [6, 6.07) is 5.58. The zero-order chi connectivity index (χ0) is 10.1. The Morgan fingerprint density at radius 1 is 1.50 bits per heavy atom. The van der Waals surface area contributed by atoms with Crippen LogP contribution in [0.4, 0.5) is 0 Å². The molecule has 0 spiro atoms. The highest BCUT2D eigenvalue weighted by molar-refractivity contribution is 6.33. The molecule has 2 radical (unpaired) electrons. The summed E-state index contributed by atoms with van der Waals surface area (Å²) >= 11 is 0. The molecule has 2 heteroatoms. The molecular formula is C12H13BO. The molecule has 70 valence electrons. The lowest BCUT2D eigenvalue weighted by Crippen LogP contribution is -2.11. The average molecular weight is 184 g/mol. The molecule has 0 saturated heterocycles. The van der Waals surface area contributed by atoms with Crippen molar-refractivity contribution in [2.75, 3.05) is 0 Å². The SMILES string of the molecule is [B]c1cc(C(=O)CC2CC2)ccc1C. The maximum Gasteiger partial charge on any atom is 0.163 e. The molecule has 0 bridgehead atoms. The number of hydrogen-bond acceptors (Lipinski definition) is 1. The molecule has 1 aliphatic rings. The average Bonchev–Trinajstić information content (AvgIpc) is 2.93. The third-order valence-electron chi connectivity index (χ3n) is 2.77. The van der Waals surface area contributed by atoms with E-state index in [0.717, 1.165) is 11.1 Å². The maximum atomic E-state index is 11.7. The molecule has 0 aliphatic heterocycles. The number of benzene rings is 1. The van der Waals surface area contributed by atoms with Gasteiger partial charge in [-0.05, 0) is 25.7 Å². The smallest absolute Gasteiger partial charge is 0.163 e. The normalized spacial score (nSPS) is 15.5. The molecule has 2 rings (SSSR count). The fourth-order valence-corrected chi connectivity index (χ4v) is 1.52. The molecule has 1 saturated carbocycles. The minimum Gasteiger partial charge on any atom is -0.294 e. The molecule has 0 atom stereocenters. The molecule has 1 nitrogen and oxygen atoms in total. The van der Waals surface area contributed by atoms with Crippen LogP contribution in [0.5, 0.6) is 0 Å². The first-order valence-electron chi connectivity index (χ1n) is 5.06. The Balaban J connectivity index is 2.14. The van der Waals surface area contributed by atoms with Crippen molar-refractivity contribution < 1.29 is 4.79 Å². The highest BCUT2D eigenvalue weighted by Gasteiger charge is 2.24. The number of hydrogen-bond donors (Lipinski definition) is 0. The standard InChI is InChI=1S/C12H13BO/c1-8-2-5-10(7-11(8)13)12(14)6-9-3-4-9/h2,5,7,9H,3-4,6H2,1H3. The van der Waals surface area contributed by atoms with Crippen molar-refractivity contribution in [1.82, 2.24) is 0 Å². The van der Waals surface area contributed by atoms with Crippen molar-refractivity contribution in [2.24, 2.45) is 5.92 Å². The van der Waals surface area contributed by atoms with Crippen molar-refractivity contribution in [2.45, 2.75) is 26.2 Å². The lowest BCUT2D eigenvalue weighted by molar-refractivity contribution is 0.0976. The molecule has 0 N–H and O–H groups in total. The summed E-state index contributed by atoms with van der Waals surface area (Å²) in [4.78, 5) is 11.7. The van der Waals surface area contributed by atoms with Gasteiger partial charge < -0.3 is 0 Å². The molecule has 1 fully saturated rings. The number of carbonyl (C=O) groups is 1. The van der Waals surface area contributed by atoms with E-state index >= 15 is 0 Å². The van der Waals surface area contributed by atoms with E-state index in [9.17, 15) is 4.79 Å². The summed E-state index contributed by atoms with van der Waals surface area (Å²) in [6.45, 7) is 1.95. The molecule has 0 amide bonds. The summed E-state index contributed by atoms with van der Waals surface area (Å²) in [5.74, 6) is 0.879. The van der Waals surface area contributed by atoms with E-state index in [1.54, 1.807) is 6.07 Å². The Morgan fingerprint density at radius 2 is 2.21 bits per heavy atom. The Labute approximate surface area is 85.9 Å². The molecule has 1 aromatic rings. The van der Waals surface area contributed by atoms with E-state index < -0.39 is 0 Å². The highest BCUT2D eigenvalue weighted by atomic mass is 16.1. The van der Waals surface area contributed by atoms with Crippen LogP contribution in [0.1, 0.15) is 35.2 Å². The first-order valence-corrected chi connectivity index (χ1v) is 5.06. The van der Waals surface area contributed by atoms with Crippen LogP contribution in [0.15, 0.2) is 18.2 Å². The fourth-order valence-electron chi connectivity index (χ4n) is 1.52. The Hall–Kier alpha value is -1.05. The minimum atomic E-state index is 0.235. The van der Waals surface area contributed by atoms with Gasteiger partial charge in [0.15, 0.2) is 5.78 Å². The molecule has 1 aliphatic carbocycles. The predicted octanol–water partition coefficient (Wildman–Crippen LogP) is 1.77. The Kier molecular flexibility index (Phi) is 2.45. The molecule has 0 unspecified atom stereocenters. The predicted molar refractivity (Wildman–Crippen MR) is 58.2 cm³/mol. The zero-order valence-electron chi connectivity index (χ0n) is 8.42. The van der Waals surface area contributed by atoms with Crippen LogP contribution in [-0.2, 0) is 0 Å². The van der Waals surface area contributed by atoms with Crippen LogP contribution >= 0.6 is 0 Å². The first-order chi connectivity index (χ1) is 6.66. The van der Waals surface area contributed by atoms with E-state index in [4.69, 9.17) is 7.85 Å². The van der Waals surface area contributed by atoms with Gasteiger partial charge in [0.25, 0.3) is 0 Å². The van der Waals surface area contributed by atoms with E-state index in [1.807, 2.05) is 19.1 Å². The molecule has 14 heavy (non-hydrogen) atoms. The third-order valence-corrected chi connectivity index (χ3v) is 2.77. The van der Waals surface area contributed by atoms with Crippen LogP contribution < -0.4 is 5.46 Å². The van der Waals surface area contributed by atoms with Crippen LogP contribution in [-0.4, -0.2) is 13.6 Å². The summed E-state index contributed by atoms with van der Waals surface area (Å²) < 4.78 is 0. The van der Waals surface area contributed by atoms with Gasteiger partial charge in [-0.3, -0.25) is 4.79 Å². The van der Waals surface area contributed by atoms with Gasteiger partial charge in [0.2, 0.25) is 0 Å². The summed E-state index contributed by atoms with van der Waals surface area (Å²) in [7, 11) is 5.75. The highest BCUT2D eigenvalue weighted by Crippen LogP contribution is 2.33. The van der Waals surface area contributed by atoms with Gasteiger partial charge in [-0.15, -0.1) is 0 Å². The van der Waals surface area contributed by atoms with E-state index in [2.05, 4.69) is 0 Å². The number of aryl methyl sites for hydroxylation is 1. The largest absolute Gasteiger partial charge is 0.294 e. The Morgan fingerprint density at radius 3 is 2.79 bits per heavy atom. The van der Waals surface area contributed by atoms with E-state index in [-0.39, 0.29) is 5.78 Å². The second-order valence-corrected chi connectivity index (χ2v) is 4.14. The van der Waals surface area contributed by atoms with Gasteiger partial charge in [-0.25, -0.2) is 0 Å². The van der Waals surface area contributed by atoms with Crippen LogP contribution in [0, 0.1) is 12.8 Å². The monoisotopic (exact) mass is 184 g/mol. The maximum absolute atomic E-state index is 11.7. The molecule has 1 aromatic carbocycles. The lowest BCUT2D eigenvalue weighted by Gasteiger charge is -2.04. The molecule has 0 heterocycles. The second-order valence-electron chi connectivity index (χ2n) is 4.14. The molecule has 0 aromatic heterocycles. The van der Waals surface area contributed by atoms with Gasteiger partial charge in [-0.2, -0.15) is 0 Å². The van der Waals surface area contributed by atoms with Gasteiger partial charge >= 0.3 is 0 Å². The van der Waals surface area contributed by atoms with Crippen LogP contribution in [0.25, 0.3) is 0 Å². The third kappa shape index (κ3) is 2.06. The first kappa shape index (κ1) is 9.51. The van der Waals surface area contributed by atoms with Gasteiger partial charge in [0.1, 0.15) is 7.85 Å². The number of Topliss-reactive ketones (excluding diaryl/α,β-unsaturated/α-hetero) is 1. The number of carbonyl (C=O) groups excluding carboxylic acids is 1. The van der Waals surface area contributed by atoms with Crippen molar-refractivity contribution >= 4 is 19.1 Å². The minimum absolute atomic E-state index is 0.235. The summed E-state index contributed by atoms with van der Waals surface area (Å²) in [5, 5.41) is 0. The van der Waals surface area contributed by atoms with Gasteiger partial charge in [0.05, 0.1) is 0 Å². The van der Waals surface area contributed by atoms with Crippen molar-refractivity contribution in [3.8, 4) is 0 Å². The van der Waals surface area contributed by atoms with Crippen molar-refractivity contribution in [3.63, 3.8) is 0 Å². The van der Waals surface area contributed by atoms with Crippen molar-refractivity contribution in [3.05, 3.63) is 29.3 Å². The van der Waals surface area contributed by atoms with E-state index in [0.29, 0.717) is 17.8 Å². The molecular weight excluding hydrogens is 171 g/mol. The Bertz CT molecular complexity index is 367. The van der Waals surface area contributed by atoms with Gasteiger partial charge in [0, 0.05) is 12.0 Å². The second kappa shape index (κ2) is 3.60. The fraction of sp³-hybridized carbons (Fsp3) is 0.417. The zero-order valence-corrected chi connectivity index (χ0v) is 8.42. The van der Waals surface area contributed by atoms with E-state index in [1.165, 1.54) is 12.8 Å². The van der Waals surface area contributed by atoms with Gasteiger partial charge in [-0.1, -0.05) is 29.2 Å². The topological polar surface area (TPSA) is 17.1 Å². The van der Waals surface area contributed by atoms with Crippen molar-refractivity contribution in [1.29, 1.82) is 0 Å². The summed E-state index contributed by atoms with van der Waals surface area (Å²) in [5.41, 5.74) is 2.51. The summed E-state index contributed by atoms with van der Waals surface area (Å²) in [6.07, 6.45) is 3.13. The lowest BCUT2D eigenvalue weighted by atomic mass is 9.88.